The fourth-order valence-electron chi connectivity index (χ4n) is 1.72. The van der Waals surface area contributed by atoms with Gasteiger partial charge in [0.05, 0.1) is 5.69 Å². The van der Waals surface area contributed by atoms with E-state index in [1.807, 2.05) is 0 Å². The topological polar surface area (TPSA) is 20.3 Å². The van der Waals surface area contributed by atoms with Gasteiger partial charge in [0, 0.05) is 6.54 Å². The number of fused-ring (bicyclic) bond motifs is 1. The Kier molecular flexibility index (Phi) is 2.36. The number of anilines is 1. The molecule has 0 N–H and O–H groups in total. The SMILES string of the molecule is O=C(N1CCc2ccc(F)cc21)C(F)(F)F. The van der Waals surface area contributed by atoms with Crippen molar-refractivity contribution in [3.8, 4) is 0 Å². The fraction of sp³-hybridized carbons (Fsp3) is 0.300. The van der Waals surface area contributed by atoms with Crippen molar-refractivity contribution in [3.05, 3.63) is 29.6 Å². The zero-order valence-corrected chi connectivity index (χ0v) is 8.01. The van der Waals surface area contributed by atoms with E-state index in [0.29, 0.717) is 16.9 Å². The van der Waals surface area contributed by atoms with Crippen molar-refractivity contribution in [1.29, 1.82) is 0 Å². The molecule has 1 amide bonds. The van der Waals surface area contributed by atoms with Gasteiger partial charge in [-0.15, -0.1) is 0 Å². The lowest BCUT2D eigenvalue weighted by Gasteiger charge is -2.18. The van der Waals surface area contributed by atoms with Crippen molar-refractivity contribution in [3.63, 3.8) is 0 Å². The minimum Gasteiger partial charge on any atom is -0.304 e. The molecule has 1 aliphatic heterocycles. The average molecular weight is 233 g/mol. The minimum atomic E-state index is -4.92. The van der Waals surface area contributed by atoms with E-state index >= 15 is 0 Å². The van der Waals surface area contributed by atoms with E-state index in [0.717, 1.165) is 6.07 Å². The first-order chi connectivity index (χ1) is 7.39. The van der Waals surface area contributed by atoms with Crippen LogP contribution in [0.3, 0.4) is 0 Å². The van der Waals surface area contributed by atoms with Crippen LogP contribution in [0.25, 0.3) is 0 Å². The average Bonchev–Trinajstić information content (AvgIpc) is 2.57. The Labute approximate surface area is 88.5 Å². The summed E-state index contributed by atoms with van der Waals surface area (Å²) in [6.07, 6.45) is -4.61. The van der Waals surface area contributed by atoms with Crippen molar-refractivity contribution in [2.24, 2.45) is 0 Å². The molecule has 16 heavy (non-hydrogen) atoms. The first-order valence-electron chi connectivity index (χ1n) is 4.57. The summed E-state index contributed by atoms with van der Waals surface area (Å²) in [4.78, 5) is 11.6. The van der Waals surface area contributed by atoms with Gasteiger partial charge in [0.1, 0.15) is 5.82 Å². The molecular weight excluding hydrogens is 226 g/mol. The second kappa shape index (κ2) is 3.47. The molecule has 0 fully saturated rings. The van der Waals surface area contributed by atoms with E-state index in [1.165, 1.54) is 12.1 Å². The maximum atomic E-state index is 12.9. The Morgan fingerprint density at radius 1 is 1.31 bits per heavy atom. The van der Waals surface area contributed by atoms with E-state index < -0.39 is 17.9 Å². The van der Waals surface area contributed by atoms with Crippen LogP contribution in [0.1, 0.15) is 5.56 Å². The van der Waals surface area contributed by atoms with Gasteiger partial charge in [-0.05, 0) is 24.1 Å². The summed E-state index contributed by atoms with van der Waals surface area (Å²) >= 11 is 0. The molecule has 2 rings (SSSR count). The van der Waals surface area contributed by atoms with Crippen molar-refractivity contribution in [2.75, 3.05) is 11.4 Å². The summed E-state index contributed by atoms with van der Waals surface area (Å²) in [6.45, 7) is -0.0584. The van der Waals surface area contributed by atoms with Gasteiger partial charge >= 0.3 is 12.1 Å². The van der Waals surface area contributed by atoms with Gasteiger partial charge in [-0.25, -0.2) is 4.39 Å². The largest absolute Gasteiger partial charge is 0.471 e. The van der Waals surface area contributed by atoms with Crippen LogP contribution in [0.5, 0.6) is 0 Å². The van der Waals surface area contributed by atoms with E-state index in [-0.39, 0.29) is 12.2 Å². The van der Waals surface area contributed by atoms with Crippen LogP contribution in [0, 0.1) is 5.82 Å². The molecule has 1 heterocycles. The highest BCUT2D eigenvalue weighted by atomic mass is 19.4. The Morgan fingerprint density at radius 3 is 2.62 bits per heavy atom. The van der Waals surface area contributed by atoms with E-state index in [9.17, 15) is 22.4 Å². The second-order valence-electron chi connectivity index (χ2n) is 3.48. The molecule has 1 aliphatic rings. The number of halogens is 4. The monoisotopic (exact) mass is 233 g/mol. The first-order valence-corrected chi connectivity index (χ1v) is 4.57. The lowest BCUT2D eigenvalue weighted by molar-refractivity contribution is -0.170. The highest BCUT2D eigenvalue weighted by Crippen LogP contribution is 2.32. The van der Waals surface area contributed by atoms with Gasteiger partial charge in [0.15, 0.2) is 0 Å². The highest BCUT2D eigenvalue weighted by Gasteiger charge is 2.44. The summed E-state index contributed by atoms with van der Waals surface area (Å²) in [5.74, 6) is -2.60. The molecule has 1 aromatic carbocycles. The summed E-state index contributed by atoms with van der Waals surface area (Å²) in [5.41, 5.74) is 0.571. The lowest BCUT2D eigenvalue weighted by atomic mass is 10.2. The molecule has 6 heteroatoms. The number of alkyl halides is 3. The fourth-order valence-corrected chi connectivity index (χ4v) is 1.72. The Morgan fingerprint density at radius 2 is 2.00 bits per heavy atom. The number of rotatable bonds is 0. The van der Waals surface area contributed by atoms with Crippen LogP contribution < -0.4 is 4.90 Å². The number of amides is 1. The zero-order valence-electron chi connectivity index (χ0n) is 8.01. The van der Waals surface area contributed by atoms with Gasteiger partial charge in [0.2, 0.25) is 0 Å². The summed E-state index contributed by atoms with van der Waals surface area (Å²) in [6, 6.07) is 3.51. The standard InChI is InChI=1S/C10H7F4NO/c11-7-2-1-6-3-4-15(8(6)5-7)9(16)10(12,13)14/h1-2,5H,3-4H2. The van der Waals surface area contributed by atoms with Gasteiger partial charge in [-0.2, -0.15) is 13.2 Å². The molecule has 0 atom stereocenters. The molecule has 86 valence electrons. The van der Waals surface area contributed by atoms with Crippen LogP contribution in [0.15, 0.2) is 18.2 Å². The molecule has 0 aromatic heterocycles. The lowest BCUT2D eigenvalue weighted by Crippen LogP contribution is -2.40. The first kappa shape index (κ1) is 10.9. The van der Waals surface area contributed by atoms with Crippen LogP contribution in [-0.2, 0) is 11.2 Å². The molecule has 0 radical (unpaired) electrons. The third kappa shape index (κ3) is 1.75. The molecule has 2 nitrogen and oxygen atoms in total. The molecule has 0 unspecified atom stereocenters. The number of carbonyl (C=O) groups excluding carboxylic acids is 1. The Balaban J connectivity index is 2.37. The predicted octanol–water partition coefficient (Wildman–Crippen LogP) is 2.28. The van der Waals surface area contributed by atoms with Gasteiger partial charge in [-0.1, -0.05) is 6.07 Å². The number of hydrogen-bond donors (Lipinski definition) is 0. The van der Waals surface area contributed by atoms with Gasteiger partial charge in [-0.3, -0.25) is 4.79 Å². The normalized spacial score (nSPS) is 15.1. The molecule has 0 saturated carbocycles. The molecule has 0 spiro atoms. The number of carbonyl (C=O) groups is 1. The third-order valence-electron chi connectivity index (χ3n) is 2.43. The van der Waals surface area contributed by atoms with Gasteiger partial charge in [0.25, 0.3) is 0 Å². The smallest absolute Gasteiger partial charge is 0.304 e. The second-order valence-corrected chi connectivity index (χ2v) is 3.48. The number of nitrogens with zero attached hydrogens (tertiary/aromatic N) is 1. The van der Waals surface area contributed by atoms with E-state index in [1.54, 1.807) is 0 Å². The summed E-state index contributed by atoms with van der Waals surface area (Å²) < 4.78 is 49.5. The zero-order chi connectivity index (χ0) is 11.9. The summed E-state index contributed by atoms with van der Waals surface area (Å²) in [5, 5.41) is 0. The molecular formula is C10H7F4NO. The van der Waals surface area contributed by atoms with Gasteiger partial charge < -0.3 is 4.90 Å². The molecule has 0 saturated heterocycles. The van der Waals surface area contributed by atoms with E-state index in [4.69, 9.17) is 0 Å². The molecule has 1 aromatic rings. The van der Waals surface area contributed by atoms with Crippen molar-refractivity contribution < 1.29 is 22.4 Å². The molecule has 0 aliphatic carbocycles. The van der Waals surface area contributed by atoms with Crippen molar-refractivity contribution >= 4 is 11.6 Å². The maximum absolute atomic E-state index is 12.9. The van der Waals surface area contributed by atoms with E-state index in [2.05, 4.69) is 0 Å². The third-order valence-corrected chi connectivity index (χ3v) is 2.43. The van der Waals surface area contributed by atoms with Crippen LogP contribution >= 0.6 is 0 Å². The van der Waals surface area contributed by atoms with Crippen LogP contribution in [0.2, 0.25) is 0 Å². The summed E-state index contributed by atoms with van der Waals surface area (Å²) in [7, 11) is 0. The van der Waals surface area contributed by atoms with Crippen molar-refractivity contribution in [1.82, 2.24) is 0 Å². The Bertz CT molecular complexity index is 441. The van der Waals surface area contributed by atoms with Crippen LogP contribution in [0.4, 0.5) is 23.2 Å². The predicted molar refractivity (Wildman–Crippen MR) is 48.5 cm³/mol. The van der Waals surface area contributed by atoms with Crippen LogP contribution in [-0.4, -0.2) is 18.6 Å². The maximum Gasteiger partial charge on any atom is 0.471 e. The quantitative estimate of drug-likeness (QED) is 0.629. The number of hydrogen-bond acceptors (Lipinski definition) is 1. The Hall–Kier alpha value is -1.59. The molecule has 0 bridgehead atoms. The highest BCUT2D eigenvalue weighted by molar-refractivity contribution is 5.99. The minimum absolute atomic E-state index is 0.0160. The number of benzene rings is 1. The van der Waals surface area contributed by atoms with Crippen molar-refractivity contribution in [2.45, 2.75) is 12.6 Å².